The number of amides is 2. The van der Waals surface area contributed by atoms with Gasteiger partial charge in [0.1, 0.15) is 11.5 Å². The van der Waals surface area contributed by atoms with E-state index in [2.05, 4.69) is 20.8 Å². The van der Waals surface area contributed by atoms with Crippen molar-refractivity contribution in [2.75, 3.05) is 118 Å². The zero-order valence-electron chi connectivity index (χ0n) is 23.4. The number of nitriles is 1. The first kappa shape index (κ1) is 28.7. The summed E-state index contributed by atoms with van der Waals surface area (Å²) >= 11 is 0. The number of ether oxygens (including phenoxy) is 3. The fourth-order valence-corrected chi connectivity index (χ4v) is 6.70. The number of rotatable bonds is 7. The maximum atomic E-state index is 13.7. The van der Waals surface area contributed by atoms with Crippen LogP contribution in [0.1, 0.15) is 25.7 Å². The summed E-state index contributed by atoms with van der Waals surface area (Å²) in [6.45, 7) is 12.9. The molecule has 0 aromatic heterocycles. The zero-order chi connectivity index (χ0) is 27.1. The fraction of sp³-hybridized carbons (Fsp3) is 0.893. The minimum atomic E-state index is -0.925. The summed E-state index contributed by atoms with van der Waals surface area (Å²) in [6.07, 6.45) is 3.40. The quantitative estimate of drug-likeness (QED) is 0.427. The average Bonchev–Trinajstić information content (AvgIpc) is 3.01. The molecule has 0 aliphatic carbocycles. The lowest BCUT2D eigenvalue weighted by Crippen LogP contribution is -2.62. The lowest BCUT2D eigenvalue weighted by Gasteiger charge is -2.45. The van der Waals surface area contributed by atoms with Crippen LogP contribution >= 0.6 is 0 Å². The van der Waals surface area contributed by atoms with E-state index < -0.39 is 5.41 Å². The van der Waals surface area contributed by atoms with Crippen molar-refractivity contribution in [1.29, 1.82) is 5.26 Å². The monoisotopic (exact) mass is 546 g/mol. The van der Waals surface area contributed by atoms with Crippen LogP contribution in [-0.4, -0.2) is 161 Å². The molecule has 2 amide bonds. The molecule has 5 aliphatic heterocycles. The van der Waals surface area contributed by atoms with Crippen LogP contribution in [0.25, 0.3) is 0 Å². The van der Waals surface area contributed by atoms with Gasteiger partial charge >= 0.3 is 0 Å². The zero-order valence-corrected chi connectivity index (χ0v) is 23.4. The highest BCUT2D eigenvalue weighted by Gasteiger charge is 2.45. The number of morpholine rings is 2. The van der Waals surface area contributed by atoms with Gasteiger partial charge in [0, 0.05) is 91.8 Å². The summed E-state index contributed by atoms with van der Waals surface area (Å²) in [5.41, 5.74) is -0.925. The summed E-state index contributed by atoms with van der Waals surface area (Å²) < 4.78 is 16.5. The van der Waals surface area contributed by atoms with Crippen molar-refractivity contribution in [3.63, 3.8) is 0 Å². The molecule has 0 bridgehead atoms. The normalized spacial score (nSPS) is 27.2. The Morgan fingerprint density at radius 1 is 0.744 bits per heavy atom. The van der Waals surface area contributed by atoms with Crippen molar-refractivity contribution in [3.05, 3.63) is 0 Å². The SMILES string of the molecule is N#CC1(C(=O)N2CCN([C@@H](CN3CCOCC3)C(=O)N3CCOCC3)CC2)CCN(CC2CCOCC2)CC1. The highest BCUT2D eigenvalue weighted by atomic mass is 16.5. The van der Waals surface area contributed by atoms with E-state index in [-0.39, 0.29) is 17.9 Å². The first-order valence-electron chi connectivity index (χ1n) is 15.0. The van der Waals surface area contributed by atoms with Gasteiger partial charge in [-0.15, -0.1) is 0 Å². The standard InChI is InChI=1S/C28H46N6O5/c29-23-28(3-5-30(6-4-28)21-24-1-15-37-16-2-24)27(36)34-9-7-32(8-10-34)25(22-31-11-17-38-18-12-31)26(35)33-13-19-39-20-14-33/h24-25H,1-22H2/t25-/m0/s1. The van der Waals surface area contributed by atoms with E-state index in [4.69, 9.17) is 14.2 Å². The summed E-state index contributed by atoms with van der Waals surface area (Å²) in [6, 6.07) is 2.21. The third-order valence-corrected chi connectivity index (χ3v) is 9.38. The van der Waals surface area contributed by atoms with Gasteiger partial charge in [0.2, 0.25) is 11.8 Å². The molecule has 218 valence electrons. The van der Waals surface area contributed by atoms with Crippen LogP contribution in [0.15, 0.2) is 0 Å². The Morgan fingerprint density at radius 2 is 1.33 bits per heavy atom. The minimum absolute atomic E-state index is 0.0143. The van der Waals surface area contributed by atoms with Crippen molar-refractivity contribution >= 4 is 11.8 Å². The highest BCUT2D eigenvalue weighted by Crippen LogP contribution is 2.34. The fourth-order valence-electron chi connectivity index (χ4n) is 6.70. The first-order chi connectivity index (χ1) is 19.1. The topological polar surface area (TPSA) is 102 Å². The number of piperazine rings is 1. The van der Waals surface area contributed by atoms with Gasteiger partial charge in [-0.2, -0.15) is 5.26 Å². The predicted molar refractivity (Wildman–Crippen MR) is 144 cm³/mol. The molecule has 0 saturated carbocycles. The Hall–Kier alpha value is -1.81. The number of hydrogen-bond acceptors (Lipinski definition) is 9. The van der Waals surface area contributed by atoms with Gasteiger partial charge in [-0.25, -0.2) is 0 Å². The van der Waals surface area contributed by atoms with Crippen molar-refractivity contribution in [3.8, 4) is 6.07 Å². The molecular weight excluding hydrogens is 500 g/mol. The number of likely N-dealkylation sites (tertiary alicyclic amines) is 1. The van der Waals surface area contributed by atoms with Crippen molar-refractivity contribution in [1.82, 2.24) is 24.5 Å². The molecule has 5 fully saturated rings. The number of carbonyl (C=O) groups excluding carboxylic acids is 2. The van der Waals surface area contributed by atoms with Gasteiger partial charge in [-0.05, 0) is 31.6 Å². The van der Waals surface area contributed by atoms with E-state index in [9.17, 15) is 14.9 Å². The highest BCUT2D eigenvalue weighted by molar-refractivity contribution is 5.86. The second kappa shape index (κ2) is 13.7. The molecule has 5 heterocycles. The molecule has 5 rings (SSSR count). The van der Waals surface area contributed by atoms with Crippen LogP contribution in [-0.2, 0) is 23.8 Å². The third kappa shape index (κ3) is 7.10. The molecule has 11 nitrogen and oxygen atoms in total. The van der Waals surface area contributed by atoms with Crippen LogP contribution < -0.4 is 0 Å². The average molecular weight is 547 g/mol. The Kier molecular flexibility index (Phi) is 10.1. The summed E-state index contributed by atoms with van der Waals surface area (Å²) in [5, 5.41) is 10.2. The Balaban J connectivity index is 1.16. The van der Waals surface area contributed by atoms with Gasteiger partial charge in [0.15, 0.2) is 0 Å². The summed E-state index contributed by atoms with van der Waals surface area (Å²) in [5.74, 6) is 0.803. The van der Waals surface area contributed by atoms with E-state index in [0.29, 0.717) is 91.0 Å². The van der Waals surface area contributed by atoms with Gasteiger partial charge < -0.3 is 28.9 Å². The lowest BCUT2D eigenvalue weighted by atomic mass is 9.78. The van der Waals surface area contributed by atoms with Crippen molar-refractivity contribution in [2.24, 2.45) is 11.3 Å². The molecule has 0 N–H and O–H groups in total. The smallest absolute Gasteiger partial charge is 0.243 e. The van der Waals surface area contributed by atoms with Crippen LogP contribution in [0.3, 0.4) is 0 Å². The van der Waals surface area contributed by atoms with Crippen LogP contribution in [0.5, 0.6) is 0 Å². The largest absolute Gasteiger partial charge is 0.381 e. The molecule has 0 radical (unpaired) electrons. The van der Waals surface area contributed by atoms with E-state index >= 15 is 0 Å². The van der Waals surface area contributed by atoms with Crippen LogP contribution in [0.2, 0.25) is 0 Å². The molecule has 0 aromatic carbocycles. The van der Waals surface area contributed by atoms with Crippen LogP contribution in [0.4, 0.5) is 0 Å². The number of carbonyl (C=O) groups is 2. The van der Waals surface area contributed by atoms with Crippen molar-refractivity contribution < 1.29 is 23.8 Å². The van der Waals surface area contributed by atoms with E-state index in [1.807, 2.05) is 9.80 Å². The summed E-state index contributed by atoms with van der Waals surface area (Å²) in [4.78, 5) is 38.2. The third-order valence-electron chi connectivity index (χ3n) is 9.38. The van der Waals surface area contributed by atoms with Crippen LogP contribution in [0, 0.1) is 22.7 Å². The second-order valence-corrected chi connectivity index (χ2v) is 11.7. The van der Waals surface area contributed by atoms with Gasteiger partial charge in [-0.3, -0.25) is 19.4 Å². The van der Waals surface area contributed by atoms with E-state index in [1.165, 1.54) is 0 Å². The van der Waals surface area contributed by atoms with Crippen molar-refractivity contribution in [2.45, 2.75) is 31.7 Å². The maximum absolute atomic E-state index is 13.7. The molecule has 0 unspecified atom stereocenters. The Morgan fingerprint density at radius 3 is 1.95 bits per heavy atom. The molecule has 5 saturated heterocycles. The number of piperidine rings is 1. The second-order valence-electron chi connectivity index (χ2n) is 11.7. The maximum Gasteiger partial charge on any atom is 0.243 e. The Bertz CT molecular complexity index is 849. The molecule has 39 heavy (non-hydrogen) atoms. The Labute approximate surface area is 232 Å². The van der Waals surface area contributed by atoms with Gasteiger partial charge in [0.05, 0.1) is 32.5 Å². The summed E-state index contributed by atoms with van der Waals surface area (Å²) in [7, 11) is 0. The van der Waals surface area contributed by atoms with Gasteiger partial charge in [-0.1, -0.05) is 0 Å². The molecular formula is C28H46N6O5. The first-order valence-corrected chi connectivity index (χ1v) is 15.0. The number of hydrogen-bond donors (Lipinski definition) is 0. The van der Waals surface area contributed by atoms with E-state index in [1.54, 1.807) is 0 Å². The number of nitrogens with zero attached hydrogens (tertiary/aromatic N) is 6. The molecule has 1 atom stereocenters. The van der Waals surface area contributed by atoms with Gasteiger partial charge in [0.25, 0.3) is 0 Å². The molecule has 0 spiro atoms. The molecule has 11 heteroatoms. The van der Waals surface area contributed by atoms with E-state index in [0.717, 1.165) is 58.8 Å². The molecule has 0 aromatic rings. The minimum Gasteiger partial charge on any atom is -0.381 e. The predicted octanol–water partition coefficient (Wildman–Crippen LogP) is -0.277. The lowest BCUT2D eigenvalue weighted by molar-refractivity contribution is -0.147. The molecule has 5 aliphatic rings.